The number of carboxylic acids is 1. The number of ether oxygens (including phenoxy) is 1. The second kappa shape index (κ2) is 7.15. The molecule has 1 N–H and O–H groups in total. The molecule has 0 bridgehead atoms. The zero-order chi connectivity index (χ0) is 19.0. The van der Waals surface area contributed by atoms with Gasteiger partial charge in [-0.05, 0) is 43.4 Å². The highest BCUT2D eigenvalue weighted by Crippen LogP contribution is 2.29. The van der Waals surface area contributed by atoms with Crippen molar-refractivity contribution in [1.82, 2.24) is 14.7 Å². The first kappa shape index (κ1) is 17.7. The van der Waals surface area contributed by atoms with Crippen LogP contribution >= 0.6 is 0 Å². The van der Waals surface area contributed by atoms with Crippen LogP contribution in [0.3, 0.4) is 0 Å². The van der Waals surface area contributed by atoms with Gasteiger partial charge in [0, 0.05) is 17.8 Å². The lowest BCUT2D eigenvalue weighted by Gasteiger charge is -2.32. The van der Waals surface area contributed by atoms with Crippen LogP contribution < -0.4 is 0 Å². The number of rotatable bonds is 4. The smallest absolute Gasteiger partial charge is 0.328 e. The fraction of sp³-hybridized carbons (Fsp3) is 0.450. The van der Waals surface area contributed by atoms with Crippen LogP contribution in [0.2, 0.25) is 0 Å². The molecular weight excluding hydrogens is 346 g/mol. The average molecular weight is 369 g/mol. The van der Waals surface area contributed by atoms with E-state index >= 15 is 0 Å². The number of aromatic nitrogens is 2. The van der Waals surface area contributed by atoms with E-state index < -0.39 is 12.0 Å². The van der Waals surface area contributed by atoms with Crippen LogP contribution in [0, 0.1) is 0 Å². The van der Waals surface area contributed by atoms with Gasteiger partial charge in [0.1, 0.15) is 0 Å². The lowest BCUT2D eigenvalue weighted by Crippen LogP contribution is -2.52. The van der Waals surface area contributed by atoms with Crippen LogP contribution in [-0.4, -0.2) is 57.5 Å². The number of carboxylic acid groups (broad SMARTS) is 1. The lowest BCUT2D eigenvalue weighted by molar-refractivity contribution is -0.147. The van der Waals surface area contributed by atoms with Crippen LogP contribution in [0.25, 0.3) is 5.69 Å². The lowest BCUT2D eigenvalue weighted by atomic mass is 10.1. The Labute approximate surface area is 157 Å². The maximum atomic E-state index is 13.2. The average Bonchev–Trinajstić information content (AvgIpc) is 3.30. The first-order valence-electron chi connectivity index (χ1n) is 9.41. The highest BCUT2D eigenvalue weighted by atomic mass is 16.5. The van der Waals surface area contributed by atoms with E-state index in [1.807, 2.05) is 16.8 Å². The maximum Gasteiger partial charge on any atom is 0.328 e. The largest absolute Gasteiger partial charge is 0.480 e. The number of benzene rings is 1. The van der Waals surface area contributed by atoms with Crippen LogP contribution in [0.5, 0.6) is 0 Å². The topological polar surface area (TPSA) is 84.7 Å². The van der Waals surface area contributed by atoms with Crippen molar-refractivity contribution in [2.24, 2.45) is 0 Å². The highest BCUT2D eigenvalue weighted by molar-refractivity contribution is 5.97. The number of aliphatic carboxylic acids is 1. The Kier molecular flexibility index (Phi) is 4.70. The van der Waals surface area contributed by atoms with Crippen molar-refractivity contribution in [3.8, 4) is 5.69 Å². The highest BCUT2D eigenvalue weighted by Gasteiger charge is 2.37. The molecule has 0 spiro atoms. The number of hydrogen-bond donors (Lipinski definition) is 1. The van der Waals surface area contributed by atoms with Crippen LogP contribution in [0.15, 0.2) is 24.3 Å². The Morgan fingerprint density at radius 1 is 1.26 bits per heavy atom. The van der Waals surface area contributed by atoms with Crippen LogP contribution in [-0.2, 0) is 28.8 Å². The molecule has 2 aromatic rings. The standard InChI is InChI=1S/C20H23N3O4/c1-2-13-6-8-14(9-7-13)23-16-5-3-4-15(16)18(21-23)19(24)22-10-11-27-12-17(22)20(25)26/h6-9,17H,2-5,10-12H2,1H3,(H,25,26). The minimum absolute atomic E-state index is 0.0163. The molecule has 1 aromatic heterocycles. The number of aryl methyl sites for hydroxylation is 1. The zero-order valence-electron chi connectivity index (χ0n) is 15.4. The van der Waals surface area contributed by atoms with E-state index in [0.717, 1.165) is 42.6 Å². The molecule has 1 amide bonds. The fourth-order valence-electron chi connectivity index (χ4n) is 3.88. The van der Waals surface area contributed by atoms with Gasteiger partial charge in [-0.1, -0.05) is 19.1 Å². The molecule has 1 saturated heterocycles. The molecule has 4 rings (SSSR count). The second-order valence-electron chi connectivity index (χ2n) is 6.99. The monoisotopic (exact) mass is 369 g/mol. The summed E-state index contributed by atoms with van der Waals surface area (Å²) >= 11 is 0. The number of hydrogen-bond acceptors (Lipinski definition) is 4. The van der Waals surface area contributed by atoms with Crippen molar-refractivity contribution in [3.63, 3.8) is 0 Å². The summed E-state index contributed by atoms with van der Waals surface area (Å²) in [5.74, 6) is -1.36. The summed E-state index contributed by atoms with van der Waals surface area (Å²) in [6.45, 7) is 2.74. The van der Waals surface area contributed by atoms with E-state index in [-0.39, 0.29) is 19.1 Å². The number of amides is 1. The van der Waals surface area contributed by atoms with E-state index in [0.29, 0.717) is 12.3 Å². The van der Waals surface area contributed by atoms with Crippen molar-refractivity contribution >= 4 is 11.9 Å². The van der Waals surface area contributed by atoms with Crippen molar-refractivity contribution in [1.29, 1.82) is 0 Å². The van der Waals surface area contributed by atoms with Crippen molar-refractivity contribution in [3.05, 3.63) is 46.8 Å². The van der Waals surface area contributed by atoms with Crippen LogP contribution in [0.4, 0.5) is 0 Å². The zero-order valence-corrected chi connectivity index (χ0v) is 15.4. The van der Waals surface area contributed by atoms with Crippen LogP contribution in [0.1, 0.15) is 40.7 Å². The summed E-state index contributed by atoms with van der Waals surface area (Å²) < 4.78 is 7.10. The van der Waals surface area contributed by atoms with E-state index in [2.05, 4.69) is 24.2 Å². The predicted molar refractivity (Wildman–Crippen MR) is 98.2 cm³/mol. The van der Waals surface area contributed by atoms with Gasteiger partial charge < -0.3 is 14.7 Å². The molecule has 1 atom stereocenters. The van der Waals surface area contributed by atoms with Crippen molar-refractivity contribution < 1.29 is 19.4 Å². The summed E-state index contributed by atoms with van der Waals surface area (Å²) in [6.07, 6.45) is 3.61. The summed E-state index contributed by atoms with van der Waals surface area (Å²) in [5.41, 5.74) is 4.57. The van der Waals surface area contributed by atoms with E-state index in [4.69, 9.17) is 4.74 Å². The van der Waals surface area contributed by atoms with E-state index in [1.54, 1.807) is 0 Å². The van der Waals surface area contributed by atoms with Gasteiger partial charge in [-0.3, -0.25) is 4.79 Å². The molecule has 27 heavy (non-hydrogen) atoms. The van der Waals surface area contributed by atoms with Gasteiger partial charge in [0.25, 0.3) is 5.91 Å². The van der Waals surface area contributed by atoms with Crippen molar-refractivity contribution in [2.75, 3.05) is 19.8 Å². The molecule has 2 heterocycles. The third-order valence-corrected chi connectivity index (χ3v) is 5.40. The third kappa shape index (κ3) is 3.12. The summed E-state index contributed by atoms with van der Waals surface area (Å²) in [4.78, 5) is 26.1. The third-order valence-electron chi connectivity index (χ3n) is 5.40. The minimum atomic E-state index is -1.05. The molecule has 1 unspecified atom stereocenters. The normalized spacial score (nSPS) is 19.1. The summed E-state index contributed by atoms with van der Waals surface area (Å²) in [7, 11) is 0. The van der Waals surface area contributed by atoms with Gasteiger partial charge in [0.15, 0.2) is 11.7 Å². The maximum absolute atomic E-state index is 13.2. The Bertz CT molecular complexity index is 872. The fourth-order valence-corrected chi connectivity index (χ4v) is 3.88. The Balaban J connectivity index is 1.71. The molecule has 0 saturated carbocycles. The van der Waals surface area contributed by atoms with E-state index in [1.165, 1.54) is 10.5 Å². The SMILES string of the molecule is CCc1ccc(-n2nc(C(=O)N3CCOCC3C(=O)O)c3c2CCC3)cc1. The quantitative estimate of drug-likeness (QED) is 0.889. The van der Waals surface area contributed by atoms with Gasteiger partial charge in [-0.15, -0.1) is 0 Å². The van der Waals surface area contributed by atoms with Gasteiger partial charge >= 0.3 is 5.97 Å². The number of carbonyl (C=O) groups is 2. The second-order valence-corrected chi connectivity index (χ2v) is 6.99. The summed E-state index contributed by atoms with van der Waals surface area (Å²) in [5, 5.41) is 14.0. The van der Waals surface area contributed by atoms with Gasteiger partial charge in [0.05, 0.1) is 18.9 Å². The van der Waals surface area contributed by atoms with Gasteiger partial charge in [-0.25, -0.2) is 9.48 Å². The molecule has 1 fully saturated rings. The molecule has 1 aliphatic carbocycles. The first-order valence-corrected chi connectivity index (χ1v) is 9.41. The molecule has 1 aromatic carbocycles. The number of nitrogens with zero attached hydrogens (tertiary/aromatic N) is 3. The van der Waals surface area contributed by atoms with Crippen molar-refractivity contribution in [2.45, 2.75) is 38.6 Å². The molecule has 1 aliphatic heterocycles. The first-order chi connectivity index (χ1) is 13.1. The number of morpholine rings is 1. The minimum Gasteiger partial charge on any atom is -0.480 e. The van der Waals surface area contributed by atoms with Gasteiger partial charge in [0.2, 0.25) is 0 Å². The van der Waals surface area contributed by atoms with E-state index in [9.17, 15) is 14.7 Å². The number of fused-ring (bicyclic) bond motifs is 1. The molecule has 2 aliphatic rings. The Hall–Kier alpha value is -2.67. The molecule has 7 heteroatoms. The molecule has 142 valence electrons. The molecule has 0 radical (unpaired) electrons. The molecular formula is C20H23N3O4. The molecule has 7 nitrogen and oxygen atoms in total. The predicted octanol–water partition coefficient (Wildman–Crippen LogP) is 1.85. The Morgan fingerprint density at radius 3 is 2.74 bits per heavy atom. The van der Waals surface area contributed by atoms with Gasteiger partial charge in [-0.2, -0.15) is 5.10 Å². The summed E-state index contributed by atoms with van der Waals surface area (Å²) in [6, 6.07) is 7.23. The Morgan fingerprint density at radius 2 is 2.04 bits per heavy atom. The number of carbonyl (C=O) groups excluding carboxylic acids is 1.